The van der Waals surface area contributed by atoms with E-state index in [0.29, 0.717) is 5.92 Å². The Morgan fingerprint density at radius 2 is 1.96 bits per heavy atom. The second-order valence-corrected chi connectivity index (χ2v) is 6.78. The first-order valence-electron chi connectivity index (χ1n) is 8.67. The first kappa shape index (κ1) is 16.5. The van der Waals surface area contributed by atoms with Crippen LogP contribution in [-0.4, -0.2) is 32.8 Å². The second-order valence-electron chi connectivity index (χ2n) is 6.78. The van der Waals surface area contributed by atoms with Gasteiger partial charge in [0.1, 0.15) is 5.54 Å². The number of hydrogen-bond acceptors (Lipinski definition) is 4. The van der Waals surface area contributed by atoms with Crippen molar-refractivity contribution in [3.8, 4) is 11.8 Å². The molecule has 1 fully saturated rings. The molecule has 0 unspecified atom stereocenters. The van der Waals surface area contributed by atoms with Crippen LogP contribution in [-0.2, 0) is 5.54 Å². The highest BCUT2D eigenvalue weighted by Crippen LogP contribution is 2.34. The highest BCUT2D eigenvalue weighted by molar-refractivity contribution is 5.38. The fourth-order valence-corrected chi connectivity index (χ4v) is 2.93. The molecule has 2 aromatic rings. The molecule has 0 saturated carbocycles. The van der Waals surface area contributed by atoms with Crippen LogP contribution in [0.5, 0.6) is 0 Å². The van der Waals surface area contributed by atoms with E-state index in [1.54, 1.807) is 12.4 Å². The first-order chi connectivity index (χ1) is 11.6. The molecular weight excluding hydrogens is 298 g/mol. The van der Waals surface area contributed by atoms with Crippen molar-refractivity contribution < 1.29 is 0 Å². The minimum atomic E-state index is -0.0763. The molecule has 0 spiro atoms. The third-order valence-electron chi connectivity index (χ3n) is 4.48. The summed E-state index contributed by atoms with van der Waals surface area (Å²) in [6.07, 6.45) is 10.6. The normalized spacial score (nSPS) is 15.8. The van der Waals surface area contributed by atoms with Crippen LogP contribution < -0.4 is 4.90 Å². The van der Waals surface area contributed by atoms with E-state index in [9.17, 15) is 0 Å². The van der Waals surface area contributed by atoms with Gasteiger partial charge in [0.15, 0.2) is 0 Å². The van der Waals surface area contributed by atoms with E-state index in [-0.39, 0.29) is 5.54 Å². The topological polar surface area (TPSA) is 46.8 Å². The smallest absolute Gasteiger partial charge is 0.225 e. The van der Waals surface area contributed by atoms with Crippen LogP contribution in [0, 0.1) is 11.8 Å². The molecule has 0 N–H and O–H groups in total. The Hall–Kier alpha value is -2.35. The fourth-order valence-electron chi connectivity index (χ4n) is 2.93. The average Bonchev–Trinajstić information content (AvgIpc) is 3.05. The lowest BCUT2D eigenvalue weighted by molar-refractivity contribution is 0.196. The third-order valence-corrected chi connectivity index (χ3v) is 4.48. The van der Waals surface area contributed by atoms with Crippen LogP contribution >= 0.6 is 0 Å². The van der Waals surface area contributed by atoms with Gasteiger partial charge in [0, 0.05) is 44.5 Å². The molecule has 5 nitrogen and oxygen atoms in total. The molecule has 24 heavy (non-hydrogen) atoms. The SMILES string of the molecule is CCCC#CCC1(n2cc(C(C)C)cn2)CN(c2ncccn2)C1. The fraction of sp³-hybridized carbons (Fsp3) is 0.526. The summed E-state index contributed by atoms with van der Waals surface area (Å²) in [6, 6.07) is 1.84. The van der Waals surface area contributed by atoms with Crippen molar-refractivity contribution >= 4 is 5.95 Å². The summed E-state index contributed by atoms with van der Waals surface area (Å²) in [5, 5.41) is 4.64. The summed E-state index contributed by atoms with van der Waals surface area (Å²) in [4.78, 5) is 10.9. The van der Waals surface area contributed by atoms with Gasteiger partial charge in [-0.1, -0.05) is 20.8 Å². The number of hydrogen-bond donors (Lipinski definition) is 0. The zero-order valence-corrected chi connectivity index (χ0v) is 14.7. The van der Waals surface area contributed by atoms with E-state index >= 15 is 0 Å². The van der Waals surface area contributed by atoms with Crippen molar-refractivity contribution in [2.45, 2.75) is 51.5 Å². The summed E-state index contributed by atoms with van der Waals surface area (Å²) in [5.41, 5.74) is 1.19. The zero-order chi connectivity index (χ0) is 17.0. The molecule has 0 amide bonds. The summed E-state index contributed by atoms with van der Waals surface area (Å²) >= 11 is 0. The minimum absolute atomic E-state index is 0.0763. The predicted octanol–water partition coefficient (Wildman–Crippen LogP) is 3.21. The monoisotopic (exact) mass is 323 g/mol. The van der Waals surface area contributed by atoms with Crippen molar-refractivity contribution in [3.63, 3.8) is 0 Å². The van der Waals surface area contributed by atoms with Crippen LogP contribution in [0.1, 0.15) is 51.5 Å². The van der Waals surface area contributed by atoms with Gasteiger partial charge < -0.3 is 4.90 Å². The highest BCUT2D eigenvalue weighted by atomic mass is 15.4. The molecule has 0 aliphatic carbocycles. The van der Waals surface area contributed by atoms with Gasteiger partial charge in [0.25, 0.3) is 0 Å². The molecule has 5 heteroatoms. The predicted molar refractivity (Wildman–Crippen MR) is 95.8 cm³/mol. The minimum Gasteiger partial charge on any atom is -0.336 e. The van der Waals surface area contributed by atoms with Crippen molar-refractivity contribution in [2.24, 2.45) is 0 Å². The van der Waals surface area contributed by atoms with Gasteiger partial charge in [-0.05, 0) is 24.0 Å². The standard InChI is InChI=1S/C19H25N5/c1-4-5-6-7-9-19(24-13-17(12-22-24)16(2)3)14-23(15-19)18-20-10-8-11-21-18/h8,10-13,16H,4-5,9,14-15H2,1-3H3. The van der Waals surface area contributed by atoms with Crippen LogP contribution in [0.4, 0.5) is 5.95 Å². The Bertz CT molecular complexity index is 717. The van der Waals surface area contributed by atoms with Crippen molar-refractivity contribution in [1.29, 1.82) is 0 Å². The highest BCUT2D eigenvalue weighted by Gasteiger charge is 2.46. The van der Waals surface area contributed by atoms with Gasteiger partial charge in [-0.25, -0.2) is 9.97 Å². The van der Waals surface area contributed by atoms with Crippen LogP contribution in [0.25, 0.3) is 0 Å². The van der Waals surface area contributed by atoms with Crippen molar-refractivity contribution in [2.75, 3.05) is 18.0 Å². The van der Waals surface area contributed by atoms with Crippen molar-refractivity contribution in [3.05, 3.63) is 36.4 Å². The largest absolute Gasteiger partial charge is 0.336 e. The van der Waals surface area contributed by atoms with Gasteiger partial charge in [-0.15, -0.1) is 11.8 Å². The van der Waals surface area contributed by atoms with E-state index < -0.39 is 0 Å². The van der Waals surface area contributed by atoms with Gasteiger partial charge in [0.05, 0.1) is 6.20 Å². The van der Waals surface area contributed by atoms with Crippen LogP contribution in [0.2, 0.25) is 0 Å². The second kappa shape index (κ2) is 7.04. The lowest BCUT2D eigenvalue weighted by Gasteiger charge is -2.49. The van der Waals surface area contributed by atoms with Crippen LogP contribution in [0.3, 0.4) is 0 Å². The third kappa shape index (κ3) is 3.28. The van der Waals surface area contributed by atoms with E-state index in [1.165, 1.54) is 5.56 Å². The summed E-state index contributed by atoms with van der Waals surface area (Å²) in [6.45, 7) is 8.23. The molecule has 3 rings (SSSR count). The van der Waals surface area contributed by atoms with E-state index in [2.05, 4.69) is 63.5 Å². The Morgan fingerprint density at radius 1 is 1.21 bits per heavy atom. The van der Waals surface area contributed by atoms with Gasteiger partial charge in [0.2, 0.25) is 5.95 Å². The maximum Gasteiger partial charge on any atom is 0.225 e. The molecule has 1 aliphatic heterocycles. The Labute approximate surface area is 144 Å². The van der Waals surface area contributed by atoms with Gasteiger partial charge >= 0.3 is 0 Å². The quantitative estimate of drug-likeness (QED) is 0.793. The van der Waals surface area contributed by atoms with Crippen LogP contribution in [0.15, 0.2) is 30.9 Å². The molecule has 3 heterocycles. The molecule has 2 aromatic heterocycles. The number of aromatic nitrogens is 4. The molecule has 1 saturated heterocycles. The Morgan fingerprint density at radius 3 is 2.58 bits per heavy atom. The average molecular weight is 323 g/mol. The maximum atomic E-state index is 4.64. The Balaban J connectivity index is 1.80. The molecular formula is C19H25N5. The maximum absolute atomic E-state index is 4.64. The first-order valence-corrected chi connectivity index (χ1v) is 8.67. The summed E-state index contributed by atoms with van der Waals surface area (Å²) in [7, 11) is 0. The molecule has 0 radical (unpaired) electrons. The van der Waals surface area contributed by atoms with E-state index in [1.807, 2.05) is 12.3 Å². The molecule has 1 aliphatic rings. The number of nitrogens with zero attached hydrogens (tertiary/aromatic N) is 5. The molecule has 0 bridgehead atoms. The zero-order valence-electron chi connectivity index (χ0n) is 14.7. The molecule has 126 valence electrons. The molecule has 0 aromatic carbocycles. The number of rotatable bonds is 5. The van der Waals surface area contributed by atoms with Crippen molar-refractivity contribution in [1.82, 2.24) is 19.7 Å². The number of anilines is 1. The van der Waals surface area contributed by atoms with Gasteiger partial charge in [-0.3, -0.25) is 4.68 Å². The molecule has 0 atom stereocenters. The van der Waals surface area contributed by atoms with E-state index in [4.69, 9.17) is 0 Å². The summed E-state index contributed by atoms with van der Waals surface area (Å²) < 4.78 is 2.11. The number of unbranched alkanes of at least 4 members (excludes halogenated alkanes) is 1. The lowest BCUT2D eigenvalue weighted by Crippen LogP contribution is -2.63. The van der Waals surface area contributed by atoms with Gasteiger partial charge in [-0.2, -0.15) is 5.10 Å². The van der Waals surface area contributed by atoms with E-state index in [0.717, 1.165) is 38.3 Å². The Kier molecular flexibility index (Phi) is 4.84. The summed E-state index contributed by atoms with van der Waals surface area (Å²) in [5.74, 6) is 7.90. The lowest BCUT2D eigenvalue weighted by atomic mass is 9.86.